The van der Waals surface area contributed by atoms with Gasteiger partial charge in [-0.2, -0.15) is 0 Å². The molecule has 1 unspecified atom stereocenters. The third-order valence-corrected chi connectivity index (χ3v) is 5.06. The lowest BCUT2D eigenvalue weighted by atomic mass is 9.90. The zero-order valence-corrected chi connectivity index (χ0v) is 14.0. The van der Waals surface area contributed by atoms with E-state index >= 15 is 0 Å². The second-order valence-electron chi connectivity index (χ2n) is 6.12. The van der Waals surface area contributed by atoms with Gasteiger partial charge in [0.05, 0.1) is 16.8 Å². The topological polar surface area (TPSA) is 45.1 Å². The summed E-state index contributed by atoms with van der Waals surface area (Å²) in [4.78, 5) is 4.76. The summed E-state index contributed by atoms with van der Waals surface area (Å²) >= 11 is 1.73. The number of aryl methyl sites for hydroxylation is 2. The molecule has 3 nitrogen and oxygen atoms in total. The number of rotatable bonds is 6. The first-order valence-corrected chi connectivity index (χ1v) is 9.05. The van der Waals surface area contributed by atoms with Crippen molar-refractivity contribution >= 4 is 11.3 Å². The van der Waals surface area contributed by atoms with E-state index in [4.69, 9.17) is 4.98 Å². The van der Waals surface area contributed by atoms with Crippen LogP contribution in [0, 0.1) is 0 Å². The lowest BCUT2D eigenvalue weighted by molar-refractivity contribution is 0.191. The molecule has 0 radical (unpaired) electrons. The van der Waals surface area contributed by atoms with Crippen LogP contribution < -0.4 is 5.32 Å². The average Bonchev–Trinajstić information content (AvgIpc) is 3.00. The molecule has 0 saturated carbocycles. The van der Waals surface area contributed by atoms with Gasteiger partial charge < -0.3 is 10.4 Å². The van der Waals surface area contributed by atoms with Gasteiger partial charge in [0.1, 0.15) is 0 Å². The van der Waals surface area contributed by atoms with Crippen LogP contribution in [-0.2, 0) is 19.3 Å². The summed E-state index contributed by atoms with van der Waals surface area (Å²) in [7, 11) is 0. The molecule has 0 spiro atoms. The van der Waals surface area contributed by atoms with E-state index < -0.39 is 0 Å². The Morgan fingerprint density at radius 3 is 2.91 bits per heavy atom. The quantitative estimate of drug-likeness (QED) is 0.805. The Labute approximate surface area is 136 Å². The summed E-state index contributed by atoms with van der Waals surface area (Å²) in [6.07, 6.45) is 5.71. The monoisotopic (exact) mass is 316 g/mol. The summed E-state index contributed by atoms with van der Waals surface area (Å²) in [5.74, 6) is 0. The number of aromatic nitrogens is 1. The van der Waals surface area contributed by atoms with Crippen molar-refractivity contribution in [2.45, 2.75) is 45.1 Å². The molecule has 0 amide bonds. The first kappa shape index (κ1) is 15.7. The normalized spacial score (nSPS) is 15.5. The summed E-state index contributed by atoms with van der Waals surface area (Å²) in [5, 5.41) is 15.8. The minimum absolute atomic E-state index is 0.289. The van der Waals surface area contributed by atoms with Gasteiger partial charge in [-0.05, 0) is 49.8 Å². The van der Waals surface area contributed by atoms with Gasteiger partial charge in [-0.25, -0.2) is 4.98 Å². The fourth-order valence-electron chi connectivity index (χ4n) is 2.96. The van der Waals surface area contributed by atoms with Crippen molar-refractivity contribution in [3.8, 4) is 11.3 Å². The van der Waals surface area contributed by atoms with Crippen LogP contribution in [0.4, 0.5) is 0 Å². The fourth-order valence-corrected chi connectivity index (χ4v) is 3.76. The van der Waals surface area contributed by atoms with Crippen molar-refractivity contribution < 1.29 is 5.11 Å². The van der Waals surface area contributed by atoms with Crippen LogP contribution in [0.15, 0.2) is 23.6 Å². The Bertz CT molecular complexity index is 621. The van der Waals surface area contributed by atoms with E-state index in [1.54, 1.807) is 18.3 Å². The molecule has 0 bridgehead atoms. The van der Waals surface area contributed by atoms with Crippen molar-refractivity contribution in [3.63, 3.8) is 0 Å². The second kappa shape index (κ2) is 7.36. The highest BCUT2D eigenvalue weighted by Gasteiger charge is 2.11. The highest BCUT2D eigenvalue weighted by molar-refractivity contribution is 7.09. The van der Waals surface area contributed by atoms with Crippen molar-refractivity contribution in [1.82, 2.24) is 10.3 Å². The molecule has 3 rings (SSSR count). The standard InChI is InChI=1S/C18H24N2OS/c1-13(21)11-19-9-8-18-20-17(12-22-18)16-7-6-14-4-2-3-5-15(14)10-16/h6-7,10,12-13,19,21H,2-5,8-9,11H2,1H3. The van der Waals surface area contributed by atoms with Crippen molar-refractivity contribution in [1.29, 1.82) is 0 Å². The zero-order chi connectivity index (χ0) is 15.4. The number of aliphatic hydroxyl groups is 1. The summed E-state index contributed by atoms with van der Waals surface area (Å²) in [5.41, 5.74) is 5.38. The zero-order valence-electron chi connectivity index (χ0n) is 13.1. The Hall–Kier alpha value is -1.23. The minimum Gasteiger partial charge on any atom is -0.392 e. The number of hydrogen-bond donors (Lipinski definition) is 2. The number of fused-ring (bicyclic) bond motifs is 1. The van der Waals surface area contributed by atoms with Gasteiger partial charge in [-0.1, -0.05) is 12.1 Å². The van der Waals surface area contributed by atoms with E-state index in [1.165, 1.54) is 42.4 Å². The van der Waals surface area contributed by atoms with Crippen molar-refractivity contribution in [3.05, 3.63) is 39.7 Å². The molecule has 1 aliphatic carbocycles. The largest absolute Gasteiger partial charge is 0.392 e. The molecule has 0 saturated heterocycles. The van der Waals surface area contributed by atoms with Gasteiger partial charge in [0.25, 0.3) is 0 Å². The van der Waals surface area contributed by atoms with E-state index in [1.807, 2.05) is 0 Å². The van der Waals surface area contributed by atoms with Gasteiger partial charge in [0.2, 0.25) is 0 Å². The van der Waals surface area contributed by atoms with Gasteiger partial charge in [0.15, 0.2) is 0 Å². The van der Waals surface area contributed by atoms with Crippen LogP contribution in [0.25, 0.3) is 11.3 Å². The number of nitrogens with zero attached hydrogens (tertiary/aromatic N) is 1. The number of thiazole rings is 1. The predicted octanol–water partition coefficient (Wildman–Crippen LogP) is 3.20. The van der Waals surface area contributed by atoms with Crippen LogP contribution in [0.2, 0.25) is 0 Å². The molecule has 1 heterocycles. The third-order valence-electron chi connectivity index (χ3n) is 4.15. The maximum atomic E-state index is 9.22. The summed E-state index contributed by atoms with van der Waals surface area (Å²) in [6.45, 7) is 3.30. The highest BCUT2D eigenvalue weighted by Crippen LogP contribution is 2.28. The minimum atomic E-state index is -0.289. The first-order valence-electron chi connectivity index (χ1n) is 8.18. The molecule has 2 N–H and O–H groups in total. The smallest absolute Gasteiger partial charge is 0.0945 e. The number of nitrogens with one attached hydrogen (secondary N) is 1. The molecule has 0 aliphatic heterocycles. The van der Waals surface area contributed by atoms with Crippen LogP contribution in [0.5, 0.6) is 0 Å². The van der Waals surface area contributed by atoms with Gasteiger partial charge >= 0.3 is 0 Å². The van der Waals surface area contributed by atoms with Gasteiger partial charge in [-0.15, -0.1) is 11.3 Å². The second-order valence-corrected chi connectivity index (χ2v) is 7.06. The van der Waals surface area contributed by atoms with E-state index in [2.05, 4.69) is 28.9 Å². The highest BCUT2D eigenvalue weighted by atomic mass is 32.1. The van der Waals surface area contributed by atoms with Crippen LogP contribution in [-0.4, -0.2) is 29.3 Å². The van der Waals surface area contributed by atoms with E-state index in [9.17, 15) is 5.11 Å². The molecule has 4 heteroatoms. The Kier molecular flexibility index (Phi) is 5.24. The Morgan fingerprint density at radius 1 is 1.27 bits per heavy atom. The molecule has 1 aliphatic rings. The molecule has 1 aromatic heterocycles. The molecule has 1 aromatic carbocycles. The number of aliphatic hydroxyl groups excluding tert-OH is 1. The van der Waals surface area contributed by atoms with Crippen molar-refractivity contribution in [2.75, 3.05) is 13.1 Å². The van der Waals surface area contributed by atoms with Crippen molar-refractivity contribution in [2.24, 2.45) is 0 Å². The maximum Gasteiger partial charge on any atom is 0.0945 e. The molecule has 22 heavy (non-hydrogen) atoms. The molecular formula is C18H24N2OS. The van der Waals surface area contributed by atoms with Gasteiger partial charge in [-0.3, -0.25) is 0 Å². The van der Waals surface area contributed by atoms with E-state index in [0.717, 1.165) is 23.7 Å². The molecular weight excluding hydrogens is 292 g/mol. The lowest BCUT2D eigenvalue weighted by Crippen LogP contribution is -2.26. The predicted molar refractivity (Wildman–Crippen MR) is 92.4 cm³/mol. The number of benzene rings is 1. The SMILES string of the molecule is CC(O)CNCCc1nc(-c2ccc3c(c2)CCCC3)cs1. The van der Waals surface area contributed by atoms with Gasteiger partial charge in [0, 0.05) is 30.5 Å². The molecule has 2 aromatic rings. The lowest BCUT2D eigenvalue weighted by Gasteiger charge is -2.16. The van der Waals surface area contributed by atoms with E-state index in [0.29, 0.717) is 6.54 Å². The first-order chi connectivity index (χ1) is 10.7. The third kappa shape index (κ3) is 3.94. The molecule has 118 valence electrons. The summed E-state index contributed by atoms with van der Waals surface area (Å²) in [6, 6.07) is 6.83. The van der Waals surface area contributed by atoms with Crippen LogP contribution in [0.1, 0.15) is 35.9 Å². The van der Waals surface area contributed by atoms with Crippen LogP contribution >= 0.6 is 11.3 Å². The maximum absolute atomic E-state index is 9.22. The molecule has 1 atom stereocenters. The fraction of sp³-hybridized carbons (Fsp3) is 0.500. The van der Waals surface area contributed by atoms with Crippen LogP contribution in [0.3, 0.4) is 0 Å². The average molecular weight is 316 g/mol. The van der Waals surface area contributed by atoms with E-state index in [-0.39, 0.29) is 6.10 Å². The number of hydrogen-bond acceptors (Lipinski definition) is 4. The summed E-state index contributed by atoms with van der Waals surface area (Å²) < 4.78 is 0. The Morgan fingerprint density at radius 2 is 2.09 bits per heavy atom. The Balaban J connectivity index is 1.63. The molecule has 0 fully saturated rings.